The first-order chi connectivity index (χ1) is 15.5. The number of amides is 2. The van der Waals surface area contributed by atoms with Crippen LogP contribution in [-0.4, -0.2) is 26.0 Å². The Balaban J connectivity index is 1.68. The number of aryl methyl sites for hydroxylation is 1. The SMILES string of the molecule is COc1ccc(OC)c(NC(=O)c2c(NC(=O)c3cccc(F)c3)sc3c2CCCC3)c1. The molecule has 0 fully saturated rings. The van der Waals surface area contributed by atoms with Crippen molar-refractivity contribution in [2.45, 2.75) is 25.7 Å². The van der Waals surface area contributed by atoms with Crippen LogP contribution in [0.3, 0.4) is 0 Å². The lowest BCUT2D eigenvalue weighted by atomic mass is 9.95. The molecule has 0 spiro atoms. The van der Waals surface area contributed by atoms with Crippen LogP contribution in [0.5, 0.6) is 11.5 Å². The quantitative estimate of drug-likeness (QED) is 0.531. The number of fused-ring (bicyclic) bond motifs is 1. The summed E-state index contributed by atoms with van der Waals surface area (Å²) in [5, 5.41) is 6.19. The highest BCUT2D eigenvalue weighted by Crippen LogP contribution is 2.39. The molecule has 0 saturated heterocycles. The van der Waals surface area contributed by atoms with Crippen LogP contribution in [0.4, 0.5) is 15.1 Å². The number of carbonyl (C=O) groups excluding carboxylic acids is 2. The lowest BCUT2D eigenvalue weighted by Gasteiger charge is -2.15. The molecule has 1 aliphatic carbocycles. The largest absolute Gasteiger partial charge is 0.497 e. The third-order valence-corrected chi connectivity index (χ3v) is 6.57. The van der Waals surface area contributed by atoms with Gasteiger partial charge in [-0.25, -0.2) is 4.39 Å². The van der Waals surface area contributed by atoms with E-state index in [2.05, 4.69) is 10.6 Å². The lowest BCUT2D eigenvalue weighted by Crippen LogP contribution is -2.19. The van der Waals surface area contributed by atoms with Crippen LogP contribution in [0.15, 0.2) is 42.5 Å². The Hall–Kier alpha value is -3.39. The van der Waals surface area contributed by atoms with Crippen LogP contribution in [0, 0.1) is 5.82 Å². The van der Waals surface area contributed by atoms with E-state index in [-0.39, 0.29) is 11.5 Å². The normalized spacial score (nSPS) is 12.6. The molecule has 1 aromatic heterocycles. The standard InChI is InChI=1S/C24H23FN2O4S/c1-30-16-10-11-19(31-2)18(13-16)26-23(29)21-17-8-3-4-9-20(17)32-24(21)27-22(28)14-6-5-7-15(25)12-14/h5-7,10-13H,3-4,8-9H2,1-2H3,(H,26,29)(H,27,28). The maximum atomic E-state index is 13.6. The van der Waals surface area contributed by atoms with Crippen LogP contribution in [0.2, 0.25) is 0 Å². The van der Waals surface area contributed by atoms with Crippen molar-refractivity contribution in [1.82, 2.24) is 0 Å². The van der Waals surface area contributed by atoms with Gasteiger partial charge >= 0.3 is 0 Å². The average Bonchev–Trinajstić information content (AvgIpc) is 3.16. The second kappa shape index (κ2) is 9.40. The third kappa shape index (κ3) is 4.45. The van der Waals surface area contributed by atoms with Crippen LogP contribution >= 0.6 is 11.3 Å². The monoisotopic (exact) mass is 454 g/mol. The number of nitrogens with one attached hydrogen (secondary N) is 2. The number of rotatable bonds is 6. The van der Waals surface area contributed by atoms with E-state index in [9.17, 15) is 14.0 Å². The van der Waals surface area contributed by atoms with Crippen molar-refractivity contribution in [1.29, 1.82) is 0 Å². The first kappa shape index (κ1) is 21.8. The van der Waals surface area contributed by atoms with Crippen LogP contribution < -0.4 is 20.1 Å². The van der Waals surface area contributed by atoms with Crippen molar-refractivity contribution >= 4 is 33.8 Å². The Labute approximate surface area is 189 Å². The van der Waals surface area contributed by atoms with Gasteiger partial charge in [-0.15, -0.1) is 11.3 Å². The molecule has 2 amide bonds. The predicted octanol–water partition coefficient (Wildman–Crippen LogP) is 5.29. The fourth-order valence-corrected chi connectivity index (χ4v) is 5.08. The molecule has 0 aliphatic heterocycles. The Bertz CT molecular complexity index is 1170. The highest BCUT2D eigenvalue weighted by molar-refractivity contribution is 7.17. The number of anilines is 2. The van der Waals surface area contributed by atoms with Gasteiger partial charge in [0.15, 0.2) is 0 Å². The van der Waals surface area contributed by atoms with Crippen molar-refractivity contribution in [2.75, 3.05) is 24.9 Å². The molecule has 0 saturated carbocycles. The van der Waals surface area contributed by atoms with E-state index in [1.807, 2.05) is 0 Å². The smallest absolute Gasteiger partial charge is 0.259 e. The van der Waals surface area contributed by atoms with Gasteiger partial charge in [0.05, 0.1) is 25.5 Å². The molecular weight excluding hydrogens is 431 g/mol. The zero-order chi connectivity index (χ0) is 22.7. The molecular formula is C24H23FN2O4S. The van der Waals surface area contributed by atoms with Gasteiger partial charge in [-0.05, 0) is 61.6 Å². The number of methoxy groups -OCH3 is 2. The van der Waals surface area contributed by atoms with Gasteiger partial charge < -0.3 is 20.1 Å². The first-order valence-electron chi connectivity index (χ1n) is 10.2. The number of benzene rings is 2. The number of ether oxygens (including phenoxy) is 2. The van der Waals surface area contributed by atoms with Gasteiger partial charge in [-0.3, -0.25) is 9.59 Å². The van der Waals surface area contributed by atoms with E-state index >= 15 is 0 Å². The second-order valence-corrected chi connectivity index (χ2v) is 8.51. The molecule has 32 heavy (non-hydrogen) atoms. The topological polar surface area (TPSA) is 76.7 Å². The third-order valence-electron chi connectivity index (χ3n) is 5.37. The highest BCUT2D eigenvalue weighted by Gasteiger charge is 2.27. The molecule has 0 radical (unpaired) electrons. The molecule has 0 bridgehead atoms. The summed E-state index contributed by atoms with van der Waals surface area (Å²) in [6.07, 6.45) is 3.64. The maximum absolute atomic E-state index is 13.6. The summed E-state index contributed by atoms with van der Waals surface area (Å²) in [7, 11) is 3.07. The molecule has 6 nitrogen and oxygen atoms in total. The van der Waals surface area contributed by atoms with Gasteiger partial charge in [0.1, 0.15) is 22.3 Å². The fraction of sp³-hybridized carbons (Fsp3) is 0.250. The van der Waals surface area contributed by atoms with E-state index in [1.165, 1.54) is 42.7 Å². The van der Waals surface area contributed by atoms with Gasteiger partial charge in [0, 0.05) is 16.5 Å². The summed E-state index contributed by atoms with van der Waals surface area (Å²) in [4.78, 5) is 27.2. The Kier molecular flexibility index (Phi) is 6.41. The molecule has 2 N–H and O–H groups in total. The van der Waals surface area contributed by atoms with E-state index in [0.29, 0.717) is 27.8 Å². The van der Waals surface area contributed by atoms with Gasteiger partial charge in [-0.2, -0.15) is 0 Å². The number of hydrogen-bond donors (Lipinski definition) is 2. The lowest BCUT2D eigenvalue weighted by molar-refractivity contribution is 0.102. The molecule has 0 unspecified atom stereocenters. The van der Waals surface area contributed by atoms with Crippen molar-refractivity contribution in [3.8, 4) is 11.5 Å². The molecule has 166 valence electrons. The van der Waals surface area contributed by atoms with Gasteiger partial charge in [0.2, 0.25) is 0 Å². The summed E-state index contributed by atoms with van der Waals surface area (Å²) < 4.78 is 24.2. The van der Waals surface area contributed by atoms with E-state index in [4.69, 9.17) is 9.47 Å². The van der Waals surface area contributed by atoms with Gasteiger partial charge in [0.25, 0.3) is 11.8 Å². The summed E-state index contributed by atoms with van der Waals surface area (Å²) in [5.74, 6) is -0.227. The minimum atomic E-state index is -0.494. The van der Waals surface area contributed by atoms with E-state index < -0.39 is 11.7 Å². The number of thiophene rings is 1. The number of hydrogen-bond acceptors (Lipinski definition) is 5. The minimum absolute atomic E-state index is 0.192. The number of carbonyl (C=O) groups is 2. The Morgan fingerprint density at radius 2 is 1.78 bits per heavy atom. The summed E-state index contributed by atoms with van der Waals surface area (Å²) in [6, 6.07) is 10.6. The van der Waals surface area contributed by atoms with E-state index in [1.54, 1.807) is 25.3 Å². The van der Waals surface area contributed by atoms with Crippen LogP contribution in [-0.2, 0) is 12.8 Å². The second-order valence-electron chi connectivity index (χ2n) is 7.40. The van der Waals surface area contributed by atoms with Crippen LogP contribution in [0.1, 0.15) is 44.0 Å². The van der Waals surface area contributed by atoms with E-state index in [0.717, 1.165) is 36.1 Å². The molecule has 2 aromatic carbocycles. The van der Waals surface area contributed by atoms with Crippen molar-refractivity contribution in [2.24, 2.45) is 0 Å². The summed E-state index contributed by atoms with van der Waals surface area (Å²) in [5.41, 5.74) is 2.06. The summed E-state index contributed by atoms with van der Waals surface area (Å²) >= 11 is 1.40. The highest BCUT2D eigenvalue weighted by atomic mass is 32.1. The fourth-order valence-electron chi connectivity index (χ4n) is 3.80. The first-order valence-corrected chi connectivity index (χ1v) is 11.1. The summed E-state index contributed by atoms with van der Waals surface area (Å²) in [6.45, 7) is 0. The molecule has 8 heteroatoms. The minimum Gasteiger partial charge on any atom is -0.497 e. The van der Waals surface area contributed by atoms with Crippen molar-refractivity contribution in [3.63, 3.8) is 0 Å². The average molecular weight is 455 g/mol. The molecule has 0 atom stereocenters. The van der Waals surface area contributed by atoms with Crippen molar-refractivity contribution < 1.29 is 23.5 Å². The Morgan fingerprint density at radius 1 is 0.969 bits per heavy atom. The molecule has 1 aliphatic rings. The molecule has 3 aromatic rings. The maximum Gasteiger partial charge on any atom is 0.259 e. The van der Waals surface area contributed by atoms with Gasteiger partial charge in [-0.1, -0.05) is 6.07 Å². The molecule has 4 rings (SSSR count). The molecule has 1 heterocycles. The zero-order valence-electron chi connectivity index (χ0n) is 17.8. The Morgan fingerprint density at radius 3 is 2.53 bits per heavy atom. The zero-order valence-corrected chi connectivity index (χ0v) is 18.6. The number of halogens is 1. The predicted molar refractivity (Wildman–Crippen MR) is 123 cm³/mol. The van der Waals surface area contributed by atoms with Crippen LogP contribution in [0.25, 0.3) is 0 Å². The van der Waals surface area contributed by atoms with Crippen molar-refractivity contribution in [3.05, 3.63) is 69.8 Å².